The zero-order valence-electron chi connectivity index (χ0n) is 7.48. The summed E-state index contributed by atoms with van der Waals surface area (Å²) in [5.74, 6) is 0. The van der Waals surface area contributed by atoms with E-state index in [0.29, 0.717) is 0 Å². The highest BCUT2D eigenvalue weighted by Crippen LogP contribution is 2.17. The fourth-order valence-electron chi connectivity index (χ4n) is 1.26. The van der Waals surface area contributed by atoms with Crippen LogP contribution in [0.15, 0.2) is 60.7 Å². The Kier molecular flexibility index (Phi) is 5.27. The van der Waals surface area contributed by atoms with E-state index in [1.54, 1.807) is 0 Å². The van der Waals surface area contributed by atoms with Crippen LogP contribution in [0.4, 0.5) is 0 Å². The van der Waals surface area contributed by atoms with Crippen molar-refractivity contribution in [3.63, 3.8) is 0 Å². The van der Waals surface area contributed by atoms with Crippen molar-refractivity contribution >= 4 is 0 Å². The third-order valence-corrected chi connectivity index (χ3v) is 1.88. The van der Waals surface area contributed by atoms with Crippen molar-refractivity contribution in [3.05, 3.63) is 60.7 Å². The molecule has 0 radical (unpaired) electrons. The van der Waals surface area contributed by atoms with Gasteiger partial charge in [-0.2, -0.15) is 0 Å². The van der Waals surface area contributed by atoms with Crippen LogP contribution in [0.5, 0.6) is 0 Å². The molecule has 0 fully saturated rings. The lowest BCUT2D eigenvalue weighted by Crippen LogP contribution is -1.73. The van der Waals surface area contributed by atoms with E-state index in [-0.39, 0.29) is 13.6 Å². The summed E-state index contributed by atoms with van der Waals surface area (Å²) in [5, 5.41) is 0. The molecule has 0 heterocycles. The lowest BCUT2D eigenvalue weighted by Gasteiger charge is -1.98. The predicted molar refractivity (Wildman–Crippen MR) is 63.6 cm³/mol. The highest BCUT2D eigenvalue weighted by atomic mass is 14.0. The monoisotopic (exact) mass is 187 g/mol. The van der Waals surface area contributed by atoms with Crippen molar-refractivity contribution in [2.24, 2.45) is 0 Å². The molecule has 0 aliphatic rings. The fourth-order valence-corrected chi connectivity index (χ4v) is 1.26. The second-order valence-corrected chi connectivity index (χ2v) is 2.73. The number of hydrogen-bond acceptors (Lipinski definition) is 1. The Balaban J connectivity index is 0.000000845. The first-order valence-electron chi connectivity index (χ1n) is 4.07. The maximum Gasteiger partial charge on any atom is -0.0184 e. The van der Waals surface area contributed by atoms with Crippen molar-refractivity contribution < 1.29 is 0 Å². The van der Waals surface area contributed by atoms with E-state index < -0.39 is 0 Å². The molecule has 0 atom stereocenters. The van der Waals surface area contributed by atoms with E-state index in [9.17, 15) is 0 Å². The Hall–Kier alpha value is -1.60. The van der Waals surface area contributed by atoms with Gasteiger partial charge in [0, 0.05) is 0 Å². The van der Waals surface area contributed by atoms with Gasteiger partial charge >= 0.3 is 0 Å². The SMILES string of the molecule is C.N.c1ccc(-c2ccccc2)cc1. The van der Waals surface area contributed by atoms with E-state index in [1.807, 2.05) is 12.1 Å². The molecule has 0 aliphatic heterocycles. The van der Waals surface area contributed by atoms with Gasteiger partial charge in [0.2, 0.25) is 0 Å². The summed E-state index contributed by atoms with van der Waals surface area (Å²) in [6, 6.07) is 20.8. The molecule has 0 aliphatic carbocycles. The van der Waals surface area contributed by atoms with Gasteiger partial charge in [-0.1, -0.05) is 68.1 Å². The second kappa shape index (κ2) is 5.95. The minimum atomic E-state index is 0. The van der Waals surface area contributed by atoms with Gasteiger partial charge in [0.15, 0.2) is 0 Å². The van der Waals surface area contributed by atoms with Crippen LogP contribution in [0.1, 0.15) is 7.43 Å². The summed E-state index contributed by atoms with van der Waals surface area (Å²) in [7, 11) is 0. The molecule has 14 heavy (non-hydrogen) atoms. The number of hydrogen-bond donors (Lipinski definition) is 1. The molecule has 74 valence electrons. The van der Waals surface area contributed by atoms with Crippen LogP contribution in [-0.2, 0) is 0 Å². The Morgan fingerprint density at radius 1 is 0.500 bits per heavy atom. The molecular weight excluding hydrogens is 170 g/mol. The third-order valence-electron chi connectivity index (χ3n) is 1.88. The lowest BCUT2D eigenvalue weighted by molar-refractivity contribution is 1.62. The van der Waals surface area contributed by atoms with E-state index in [0.717, 1.165) is 0 Å². The van der Waals surface area contributed by atoms with Crippen molar-refractivity contribution in [1.29, 1.82) is 0 Å². The fraction of sp³-hybridized carbons (Fsp3) is 0.0769. The quantitative estimate of drug-likeness (QED) is 0.715. The normalized spacial score (nSPS) is 8.29. The lowest BCUT2D eigenvalue weighted by atomic mass is 10.1. The third kappa shape index (κ3) is 2.71. The minimum Gasteiger partial charge on any atom is -0.344 e. The van der Waals surface area contributed by atoms with Gasteiger partial charge in [-0.05, 0) is 11.1 Å². The van der Waals surface area contributed by atoms with Crippen molar-refractivity contribution in [1.82, 2.24) is 6.15 Å². The zero-order valence-corrected chi connectivity index (χ0v) is 7.48. The van der Waals surface area contributed by atoms with Crippen molar-refractivity contribution in [2.45, 2.75) is 7.43 Å². The van der Waals surface area contributed by atoms with Crippen LogP contribution in [-0.4, -0.2) is 0 Å². The highest BCUT2D eigenvalue weighted by Gasteiger charge is 1.91. The molecule has 0 bridgehead atoms. The molecule has 2 rings (SSSR count). The summed E-state index contributed by atoms with van der Waals surface area (Å²) in [4.78, 5) is 0. The topological polar surface area (TPSA) is 35.0 Å². The summed E-state index contributed by atoms with van der Waals surface area (Å²) >= 11 is 0. The van der Waals surface area contributed by atoms with Gasteiger partial charge in [0.1, 0.15) is 0 Å². The van der Waals surface area contributed by atoms with Gasteiger partial charge in [-0.3, -0.25) is 0 Å². The van der Waals surface area contributed by atoms with Crippen molar-refractivity contribution in [3.8, 4) is 11.1 Å². The van der Waals surface area contributed by atoms with Crippen LogP contribution in [0.25, 0.3) is 11.1 Å². The Morgan fingerprint density at radius 3 is 1.07 bits per heavy atom. The van der Waals surface area contributed by atoms with Crippen LogP contribution in [0, 0.1) is 0 Å². The van der Waals surface area contributed by atoms with Gasteiger partial charge in [-0.15, -0.1) is 0 Å². The Morgan fingerprint density at radius 2 is 0.786 bits per heavy atom. The van der Waals surface area contributed by atoms with Gasteiger partial charge < -0.3 is 6.15 Å². The van der Waals surface area contributed by atoms with Gasteiger partial charge in [0.05, 0.1) is 0 Å². The smallest absolute Gasteiger partial charge is 0.0184 e. The minimum absolute atomic E-state index is 0. The van der Waals surface area contributed by atoms with Gasteiger partial charge in [-0.25, -0.2) is 0 Å². The molecule has 0 aromatic heterocycles. The predicted octanol–water partition coefficient (Wildman–Crippen LogP) is 4.15. The molecule has 0 saturated heterocycles. The van der Waals surface area contributed by atoms with E-state index in [4.69, 9.17) is 0 Å². The first-order valence-corrected chi connectivity index (χ1v) is 4.07. The Labute approximate surface area is 86.0 Å². The summed E-state index contributed by atoms with van der Waals surface area (Å²) in [6.07, 6.45) is 0. The van der Waals surface area contributed by atoms with E-state index in [1.165, 1.54) is 11.1 Å². The standard InChI is InChI=1S/C12H10.CH4.H3N/c1-3-7-11(8-4-1)12-9-5-2-6-10-12;;/h1-10H;1H4;1H3. The molecule has 2 aromatic carbocycles. The summed E-state index contributed by atoms with van der Waals surface area (Å²) < 4.78 is 0. The molecule has 0 unspecified atom stereocenters. The van der Waals surface area contributed by atoms with Crippen LogP contribution < -0.4 is 6.15 Å². The average molecular weight is 187 g/mol. The largest absolute Gasteiger partial charge is 0.344 e. The highest BCUT2D eigenvalue weighted by molar-refractivity contribution is 5.62. The molecule has 2 aromatic rings. The van der Waals surface area contributed by atoms with E-state index >= 15 is 0 Å². The van der Waals surface area contributed by atoms with Crippen LogP contribution in [0.2, 0.25) is 0 Å². The molecule has 1 heteroatoms. The maximum absolute atomic E-state index is 2.12. The van der Waals surface area contributed by atoms with E-state index in [2.05, 4.69) is 48.5 Å². The van der Waals surface area contributed by atoms with Gasteiger partial charge in [0.25, 0.3) is 0 Å². The molecular formula is C13H17N. The average Bonchev–Trinajstić information content (AvgIpc) is 2.21. The van der Waals surface area contributed by atoms with Crippen LogP contribution >= 0.6 is 0 Å². The van der Waals surface area contributed by atoms with Crippen LogP contribution in [0.3, 0.4) is 0 Å². The second-order valence-electron chi connectivity index (χ2n) is 2.73. The molecule has 0 amide bonds. The molecule has 3 N–H and O–H groups in total. The first-order chi connectivity index (χ1) is 5.97. The molecule has 0 saturated carbocycles. The zero-order chi connectivity index (χ0) is 8.23. The summed E-state index contributed by atoms with van der Waals surface area (Å²) in [5.41, 5.74) is 2.55. The summed E-state index contributed by atoms with van der Waals surface area (Å²) in [6.45, 7) is 0. The molecule has 0 spiro atoms. The first kappa shape index (κ1) is 12.4. The number of rotatable bonds is 1. The Bertz CT molecular complexity index is 303. The van der Waals surface area contributed by atoms with Crippen molar-refractivity contribution in [2.75, 3.05) is 0 Å². The maximum atomic E-state index is 2.12. The molecule has 1 nitrogen and oxygen atoms in total. The number of benzene rings is 2.